The number of benzene rings is 1. The second-order valence-electron chi connectivity index (χ2n) is 4.69. The molecular formula is C15H21ClN2O2. The molecule has 0 aliphatic rings. The second-order valence-corrected chi connectivity index (χ2v) is 4.69. The molecule has 110 valence electrons. The maximum atomic E-state index is 11.7. The van der Waals surface area contributed by atoms with Gasteiger partial charge in [0.25, 0.3) is 0 Å². The van der Waals surface area contributed by atoms with E-state index < -0.39 is 6.04 Å². The van der Waals surface area contributed by atoms with E-state index >= 15 is 0 Å². The third kappa shape index (κ3) is 3.99. The fourth-order valence-corrected chi connectivity index (χ4v) is 2.04. The highest BCUT2D eigenvalue weighted by Gasteiger charge is 2.17. The van der Waals surface area contributed by atoms with Gasteiger partial charge in [-0.2, -0.15) is 0 Å². The highest BCUT2D eigenvalue weighted by atomic mass is 35.5. The summed E-state index contributed by atoms with van der Waals surface area (Å²) in [6.45, 7) is 2.51. The first kappa shape index (κ1) is 16.5. The molecule has 1 aromatic carbocycles. The number of rotatable bonds is 6. The molecule has 0 fully saturated rings. The van der Waals surface area contributed by atoms with Crippen LogP contribution >= 0.6 is 12.4 Å². The number of carbonyl (C=O) groups is 1. The van der Waals surface area contributed by atoms with Gasteiger partial charge in [0, 0.05) is 23.5 Å². The molecule has 1 unspecified atom stereocenters. The van der Waals surface area contributed by atoms with Crippen molar-refractivity contribution in [3.63, 3.8) is 0 Å². The summed E-state index contributed by atoms with van der Waals surface area (Å²) in [5.74, 6) is -0.321. The molecule has 5 heteroatoms. The van der Waals surface area contributed by atoms with Crippen molar-refractivity contribution in [2.75, 3.05) is 6.61 Å². The average molecular weight is 297 g/mol. The first-order chi connectivity index (χ1) is 9.22. The largest absolute Gasteiger partial charge is 0.465 e. The summed E-state index contributed by atoms with van der Waals surface area (Å²) in [4.78, 5) is 14.9. The first-order valence-electron chi connectivity index (χ1n) is 6.69. The molecule has 0 aliphatic heterocycles. The summed E-state index contributed by atoms with van der Waals surface area (Å²) >= 11 is 0. The number of unbranched alkanes of at least 4 members (excludes halogenated alkanes) is 1. The van der Waals surface area contributed by atoms with Crippen molar-refractivity contribution in [1.82, 2.24) is 4.98 Å². The second kappa shape index (κ2) is 7.92. The third-order valence-electron chi connectivity index (χ3n) is 3.16. The van der Waals surface area contributed by atoms with E-state index in [-0.39, 0.29) is 18.4 Å². The molecule has 2 aromatic rings. The van der Waals surface area contributed by atoms with E-state index in [0.717, 1.165) is 29.3 Å². The molecule has 1 atom stereocenters. The van der Waals surface area contributed by atoms with Crippen LogP contribution < -0.4 is 5.73 Å². The van der Waals surface area contributed by atoms with E-state index in [1.165, 1.54) is 0 Å². The van der Waals surface area contributed by atoms with Crippen LogP contribution in [0.1, 0.15) is 25.3 Å². The minimum Gasteiger partial charge on any atom is -0.465 e. The summed E-state index contributed by atoms with van der Waals surface area (Å²) in [7, 11) is 0. The Morgan fingerprint density at radius 3 is 2.90 bits per heavy atom. The molecule has 0 saturated carbocycles. The van der Waals surface area contributed by atoms with Crippen molar-refractivity contribution in [1.29, 1.82) is 0 Å². The minimum atomic E-state index is -0.601. The molecule has 2 rings (SSSR count). The van der Waals surface area contributed by atoms with Crippen LogP contribution in [0.25, 0.3) is 10.9 Å². The van der Waals surface area contributed by atoms with Crippen LogP contribution in [-0.2, 0) is 16.0 Å². The number of hydrogen-bond donors (Lipinski definition) is 2. The van der Waals surface area contributed by atoms with E-state index in [4.69, 9.17) is 10.5 Å². The van der Waals surface area contributed by atoms with E-state index in [9.17, 15) is 4.79 Å². The quantitative estimate of drug-likeness (QED) is 0.636. The van der Waals surface area contributed by atoms with Crippen molar-refractivity contribution >= 4 is 29.3 Å². The van der Waals surface area contributed by atoms with Gasteiger partial charge in [-0.15, -0.1) is 12.4 Å². The molecule has 0 saturated heterocycles. The highest BCUT2D eigenvalue weighted by Crippen LogP contribution is 2.18. The summed E-state index contributed by atoms with van der Waals surface area (Å²) < 4.78 is 5.13. The van der Waals surface area contributed by atoms with Gasteiger partial charge in [0.05, 0.1) is 6.61 Å². The normalized spacial score (nSPS) is 11.9. The first-order valence-corrected chi connectivity index (χ1v) is 6.69. The van der Waals surface area contributed by atoms with Crippen molar-refractivity contribution < 1.29 is 9.53 Å². The Balaban J connectivity index is 0.00000200. The number of nitrogens with two attached hydrogens (primary N) is 1. The zero-order valence-electron chi connectivity index (χ0n) is 11.6. The molecule has 0 radical (unpaired) electrons. The van der Waals surface area contributed by atoms with Gasteiger partial charge in [-0.3, -0.25) is 4.79 Å². The van der Waals surface area contributed by atoms with Gasteiger partial charge in [-0.1, -0.05) is 31.5 Å². The van der Waals surface area contributed by atoms with Gasteiger partial charge in [0.15, 0.2) is 0 Å². The van der Waals surface area contributed by atoms with E-state index in [1.54, 1.807) is 0 Å². The van der Waals surface area contributed by atoms with Gasteiger partial charge in [-0.25, -0.2) is 0 Å². The van der Waals surface area contributed by atoms with Crippen molar-refractivity contribution in [2.24, 2.45) is 5.73 Å². The van der Waals surface area contributed by atoms with Crippen molar-refractivity contribution in [3.8, 4) is 0 Å². The monoisotopic (exact) mass is 296 g/mol. The van der Waals surface area contributed by atoms with Gasteiger partial charge in [0.1, 0.15) is 6.04 Å². The maximum absolute atomic E-state index is 11.7. The van der Waals surface area contributed by atoms with Crippen LogP contribution in [0.15, 0.2) is 30.5 Å². The highest BCUT2D eigenvalue weighted by molar-refractivity contribution is 5.85. The summed E-state index contributed by atoms with van der Waals surface area (Å²) in [6, 6.07) is 7.38. The van der Waals surface area contributed by atoms with Gasteiger partial charge in [0.2, 0.25) is 0 Å². The number of esters is 1. The van der Waals surface area contributed by atoms with E-state index in [0.29, 0.717) is 13.0 Å². The Morgan fingerprint density at radius 1 is 1.40 bits per heavy atom. The molecule has 4 nitrogen and oxygen atoms in total. The number of para-hydroxylation sites is 1. The number of H-pyrrole nitrogens is 1. The van der Waals surface area contributed by atoms with Gasteiger partial charge < -0.3 is 15.5 Å². The van der Waals surface area contributed by atoms with Crippen LogP contribution in [0.3, 0.4) is 0 Å². The van der Waals surface area contributed by atoms with Crippen LogP contribution in [-0.4, -0.2) is 23.6 Å². The van der Waals surface area contributed by atoms with Gasteiger partial charge in [-0.05, 0) is 18.1 Å². The SMILES string of the molecule is CCCCOC(=O)C(N)Cc1c[nH]c2ccccc12.Cl. The number of aromatic nitrogens is 1. The molecule has 0 spiro atoms. The molecule has 0 aliphatic carbocycles. The predicted octanol–water partition coefficient (Wildman–Crippen LogP) is 2.80. The van der Waals surface area contributed by atoms with E-state index in [1.807, 2.05) is 30.5 Å². The van der Waals surface area contributed by atoms with Crippen molar-refractivity contribution in [2.45, 2.75) is 32.2 Å². The molecule has 0 bridgehead atoms. The van der Waals surface area contributed by atoms with Crippen LogP contribution in [0.5, 0.6) is 0 Å². The lowest BCUT2D eigenvalue weighted by molar-refractivity contribution is -0.145. The molecular weight excluding hydrogens is 276 g/mol. The summed E-state index contributed by atoms with van der Waals surface area (Å²) in [6.07, 6.45) is 4.29. The molecule has 3 N–H and O–H groups in total. The fourth-order valence-electron chi connectivity index (χ4n) is 2.04. The lowest BCUT2D eigenvalue weighted by atomic mass is 10.1. The number of fused-ring (bicyclic) bond motifs is 1. The minimum absolute atomic E-state index is 0. The van der Waals surface area contributed by atoms with E-state index in [2.05, 4.69) is 11.9 Å². The lowest BCUT2D eigenvalue weighted by Crippen LogP contribution is -2.34. The van der Waals surface area contributed by atoms with Crippen molar-refractivity contribution in [3.05, 3.63) is 36.0 Å². The summed E-state index contributed by atoms with van der Waals surface area (Å²) in [5.41, 5.74) is 8.00. The zero-order chi connectivity index (χ0) is 13.7. The number of carbonyl (C=O) groups excluding carboxylic acids is 1. The number of ether oxygens (including phenoxy) is 1. The number of halogens is 1. The molecule has 1 heterocycles. The maximum Gasteiger partial charge on any atom is 0.323 e. The fraction of sp³-hybridized carbons (Fsp3) is 0.400. The van der Waals surface area contributed by atoms with Gasteiger partial charge >= 0.3 is 5.97 Å². The number of aromatic amines is 1. The Labute approximate surface area is 125 Å². The predicted molar refractivity (Wildman–Crippen MR) is 83.1 cm³/mol. The molecule has 20 heavy (non-hydrogen) atoms. The Hall–Kier alpha value is -1.52. The average Bonchev–Trinajstić information content (AvgIpc) is 2.82. The summed E-state index contributed by atoms with van der Waals surface area (Å²) in [5, 5.41) is 1.11. The number of hydrogen-bond acceptors (Lipinski definition) is 3. The van der Waals surface area contributed by atoms with Crippen LogP contribution in [0.4, 0.5) is 0 Å². The van der Waals surface area contributed by atoms with Crippen LogP contribution in [0.2, 0.25) is 0 Å². The third-order valence-corrected chi connectivity index (χ3v) is 3.16. The lowest BCUT2D eigenvalue weighted by Gasteiger charge is -2.10. The Kier molecular flexibility index (Phi) is 6.55. The zero-order valence-corrected chi connectivity index (χ0v) is 12.4. The molecule has 0 amide bonds. The smallest absolute Gasteiger partial charge is 0.323 e. The molecule has 1 aromatic heterocycles. The standard InChI is InChI=1S/C15H20N2O2.ClH/c1-2-3-8-19-15(18)13(16)9-11-10-17-14-7-5-4-6-12(11)14;/h4-7,10,13,17H,2-3,8-9,16H2,1H3;1H. The number of nitrogens with one attached hydrogen (secondary N) is 1. The Morgan fingerprint density at radius 2 is 2.15 bits per heavy atom. The van der Waals surface area contributed by atoms with Crippen LogP contribution in [0, 0.1) is 0 Å². The Bertz CT molecular complexity index is 554. The topological polar surface area (TPSA) is 68.1 Å².